The van der Waals surface area contributed by atoms with E-state index in [1.54, 1.807) is 0 Å². The normalized spacial score (nSPS) is 52.5. The third-order valence-electron chi connectivity index (χ3n) is 4.65. The lowest BCUT2D eigenvalue weighted by atomic mass is 9.60. The molecule has 1 heterocycles. The van der Waals surface area contributed by atoms with E-state index in [0.717, 1.165) is 31.3 Å². The van der Waals surface area contributed by atoms with Gasteiger partial charge in [0.1, 0.15) is 0 Å². The van der Waals surface area contributed by atoms with E-state index in [2.05, 4.69) is 0 Å². The van der Waals surface area contributed by atoms with Gasteiger partial charge in [0.15, 0.2) is 0 Å². The topological polar surface area (TPSA) is 29.5 Å². The summed E-state index contributed by atoms with van der Waals surface area (Å²) in [4.78, 5) is 0. The molecule has 4 rings (SSSR count). The highest BCUT2D eigenvalue weighted by Crippen LogP contribution is 2.52. The zero-order valence-electron chi connectivity index (χ0n) is 8.74. The number of rotatable bonds is 0. The van der Waals surface area contributed by atoms with Gasteiger partial charge < -0.3 is 9.84 Å². The Kier molecular flexibility index (Phi) is 2.10. The van der Waals surface area contributed by atoms with E-state index in [4.69, 9.17) is 4.74 Å². The summed E-state index contributed by atoms with van der Waals surface area (Å²) in [5, 5.41) is 9.77. The van der Waals surface area contributed by atoms with Crippen molar-refractivity contribution in [1.29, 1.82) is 0 Å². The fourth-order valence-corrected chi connectivity index (χ4v) is 3.93. The zero-order valence-corrected chi connectivity index (χ0v) is 8.74. The van der Waals surface area contributed by atoms with Crippen LogP contribution in [0, 0.1) is 11.8 Å². The smallest absolute Gasteiger partial charge is 0.0737 e. The molecular weight excluding hydrogens is 176 g/mol. The van der Waals surface area contributed by atoms with Gasteiger partial charge in [-0.25, -0.2) is 0 Å². The molecule has 0 aromatic carbocycles. The van der Waals surface area contributed by atoms with Crippen molar-refractivity contribution in [1.82, 2.24) is 0 Å². The van der Waals surface area contributed by atoms with Crippen LogP contribution in [0.25, 0.3) is 0 Å². The summed E-state index contributed by atoms with van der Waals surface area (Å²) in [5.74, 6) is 1.65. The summed E-state index contributed by atoms with van der Waals surface area (Å²) < 4.78 is 6.05. The van der Waals surface area contributed by atoms with Crippen LogP contribution >= 0.6 is 0 Å². The number of hydrogen-bond donors (Lipinski definition) is 1. The Balaban J connectivity index is 1.81. The Bertz CT molecular complexity index is 216. The largest absolute Gasteiger partial charge is 0.393 e. The summed E-state index contributed by atoms with van der Waals surface area (Å²) in [6, 6.07) is 0. The second-order valence-electron chi connectivity index (χ2n) is 5.48. The van der Waals surface area contributed by atoms with Gasteiger partial charge in [-0.05, 0) is 50.4 Å². The first-order chi connectivity index (χ1) is 6.78. The van der Waals surface area contributed by atoms with E-state index in [1.165, 1.54) is 32.1 Å². The standard InChI is InChI=1S/C12H20O2/c13-11-5-6-14-12(8-11)7-9-1-3-10(12)4-2-9/h9-11,13H,1-8H2. The molecule has 0 radical (unpaired) electrons. The molecule has 3 aliphatic carbocycles. The average molecular weight is 196 g/mol. The van der Waals surface area contributed by atoms with Crippen LogP contribution in [-0.4, -0.2) is 23.4 Å². The minimum Gasteiger partial charge on any atom is -0.393 e. The monoisotopic (exact) mass is 196 g/mol. The van der Waals surface area contributed by atoms with Crippen molar-refractivity contribution in [2.75, 3.05) is 6.61 Å². The third-order valence-corrected chi connectivity index (χ3v) is 4.65. The second-order valence-corrected chi connectivity index (χ2v) is 5.48. The Morgan fingerprint density at radius 2 is 1.79 bits per heavy atom. The predicted molar refractivity (Wildman–Crippen MR) is 54.0 cm³/mol. The van der Waals surface area contributed by atoms with Gasteiger partial charge in [-0.1, -0.05) is 0 Å². The van der Waals surface area contributed by atoms with Crippen LogP contribution in [0.1, 0.15) is 44.9 Å². The third kappa shape index (κ3) is 1.31. The molecule has 0 amide bonds. The maximum absolute atomic E-state index is 9.77. The summed E-state index contributed by atoms with van der Waals surface area (Å²) in [6.07, 6.45) is 8.40. The Morgan fingerprint density at radius 1 is 1.00 bits per heavy atom. The molecule has 4 fully saturated rings. The molecule has 3 saturated carbocycles. The highest BCUT2D eigenvalue weighted by Gasteiger charge is 2.50. The van der Waals surface area contributed by atoms with E-state index < -0.39 is 0 Å². The first-order valence-electron chi connectivity index (χ1n) is 6.10. The van der Waals surface area contributed by atoms with Crippen LogP contribution < -0.4 is 0 Å². The van der Waals surface area contributed by atoms with Gasteiger partial charge in [-0.2, -0.15) is 0 Å². The molecule has 2 unspecified atom stereocenters. The lowest BCUT2D eigenvalue weighted by molar-refractivity contribution is -0.189. The molecule has 1 saturated heterocycles. The molecule has 2 bridgehead atoms. The van der Waals surface area contributed by atoms with Crippen LogP contribution in [0.5, 0.6) is 0 Å². The minimum absolute atomic E-state index is 0.0944. The molecule has 0 aromatic heterocycles. The molecule has 14 heavy (non-hydrogen) atoms. The van der Waals surface area contributed by atoms with Crippen LogP contribution in [0.2, 0.25) is 0 Å². The molecule has 80 valence electrons. The van der Waals surface area contributed by atoms with Crippen molar-refractivity contribution < 1.29 is 9.84 Å². The molecule has 0 aromatic rings. The van der Waals surface area contributed by atoms with Crippen LogP contribution in [0.3, 0.4) is 0 Å². The van der Waals surface area contributed by atoms with Gasteiger partial charge in [-0.3, -0.25) is 0 Å². The average Bonchev–Trinajstić information content (AvgIpc) is 2.18. The lowest BCUT2D eigenvalue weighted by Gasteiger charge is -2.54. The van der Waals surface area contributed by atoms with Crippen molar-refractivity contribution >= 4 is 0 Å². The molecule has 4 aliphatic rings. The summed E-state index contributed by atoms with van der Waals surface area (Å²) in [5.41, 5.74) is 0.0961. The number of aliphatic hydroxyl groups excluding tert-OH is 1. The van der Waals surface area contributed by atoms with Gasteiger partial charge in [-0.15, -0.1) is 0 Å². The fraction of sp³-hybridized carbons (Fsp3) is 1.00. The SMILES string of the molecule is OC1CCOC2(C1)CC1CCC2CC1. The van der Waals surface area contributed by atoms with Gasteiger partial charge in [0.2, 0.25) is 0 Å². The van der Waals surface area contributed by atoms with E-state index in [1.807, 2.05) is 0 Å². The number of hydrogen-bond acceptors (Lipinski definition) is 2. The maximum atomic E-state index is 9.77. The lowest BCUT2D eigenvalue weighted by Crippen LogP contribution is -2.53. The quantitative estimate of drug-likeness (QED) is 0.643. The first kappa shape index (κ1) is 9.17. The Hall–Kier alpha value is -0.0800. The number of fused-ring (bicyclic) bond motifs is 2. The Labute approximate surface area is 85.6 Å². The van der Waals surface area contributed by atoms with Crippen molar-refractivity contribution in [3.05, 3.63) is 0 Å². The molecule has 1 aliphatic heterocycles. The predicted octanol–water partition coefficient (Wildman–Crippen LogP) is 2.11. The van der Waals surface area contributed by atoms with Gasteiger partial charge >= 0.3 is 0 Å². The molecule has 2 heteroatoms. The molecule has 2 atom stereocenters. The van der Waals surface area contributed by atoms with Crippen molar-refractivity contribution in [2.24, 2.45) is 11.8 Å². The highest BCUT2D eigenvalue weighted by atomic mass is 16.5. The fourth-order valence-electron chi connectivity index (χ4n) is 3.93. The molecule has 1 N–H and O–H groups in total. The number of aliphatic hydroxyl groups is 1. The van der Waals surface area contributed by atoms with Crippen molar-refractivity contribution in [3.63, 3.8) is 0 Å². The summed E-state index contributed by atoms with van der Waals surface area (Å²) in [6.45, 7) is 0.782. The van der Waals surface area contributed by atoms with Crippen molar-refractivity contribution in [2.45, 2.75) is 56.7 Å². The van der Waals surface area contributed by atoms with E-state index in [0.29, 0.717) is 0 Å². The second kappa shape index (κ2) is 3.21. The summed E-state index contributed by atoms with van der Waals surface area (Å²) in [7, 11) is 0. The summed E-state index contributed by atoms with van der Waals surface area (Å²) >= 11 is 0. The van der Waals surface area contributed by atoms with Crippen molar-refractivity contribution in [3.8, 4) is 0 Å². The van der Waals surface area contributed by atoms with Crippen LogP contribution in [-0.2, 0) is 4.74 Å². The molecular formula is C12H20O2. The van der Waals surface area contributed by atoms with Crippen LogP contribution in [0.4, 0.5) is 0 Å². The molecule has 1 spiro atoms. The highest BCUT2D eigenvalue weighted by molar-refractivity contribution is 5.01. The van der Waals surface area contributed by atoms with Gasteiger partial charge in [0.05, 0.1) is 11.7 Å². The zero-order chi connectivity index (χ0) is 9.60. The van der Waals surface area contributed by atoms with Gasteiger partial charge in [0.25, 0.3) is 0 Å². The Morgan fingerprint density at radius 3 is 2.36 bits per heavy atom. The molecule has 2 nitrogen and oxygen atoms in total. The van der Waals surface area contributed by atoms with E-state index >= 15 is 0 Å². The minimum atomic E-state index is -0.0944. The first-order valence-corrected chi connectivity index (χ1v) is 6.10. The number of ether oxygens (including phenoxy) is 1. The van der Waals surface area contributed by atoms with E-state index in [9.17, 15) is 5.11 Å². The van der Waals surface area contributed by atoms with Crippen LogP contribution in [0.15, 0.2) is 0 Å². The maximum Gasteiger partial charge on any atom is 0.0737 e. The van der Waals surface area contributed by atoms with Gasteiger partial charge in [0, 0.05) is 13.0 Å². The van der Waals surface area contributed by atoms with E-state index in [-0.39, 0.29) is 11.7 Å².